The Bertz CT molecular complexity index is 1210. The monoisotopic (exact) mass is 445 g/mol. The standard InChI is InChI=1S/C21H24FN5O3S/c1-3-18(15-4-6-16(22)7-5-15)25-20-19-14(2)17(12-27(19)24-13-23-20)21(28)26-8-10-31(29,30)11-9-26/h4-7,12-13,18H,3,8-11H2,1-2H3,(H,23,24,25)/t18-/m1/s1. The number of fused-ring (bicyclic) bond motifs is 1. The van der Waals surface area contributed by atoms with Crippen LogP contribution in [0.1, 0.15) is 40.9 Å². The van der Waals surface area contributed by atoms with Crippen LogP contribution in [0.25, 0.3) is 5.52 Å². The van der Waals surface area contributed by atoms with E-state index >= 15 is 0 Å². The van der Waals surface area contributed by atoms with Crippen LogP contribution in [0.4, 0.5) is 10.2 Å². The van der Waals surface area contributed by atoms with Crippen molar-refractivity contribution < 1.29 is 17.6 Å². The third-order valence-electron chi connectivity index (χ3n) is 5.68. The van der Waals surface area contributed by atoms with Gasteiger partial charge < -0.3 is 10.2 Å². The molecular weight excluding hydrogens is 421 g/mol. The minimum Gasteiger partial charge on any atom is -0.361 e. The molecule has 3 heterocycles. The molecule has 0 spiro atoms. The molecule has 1 saturated heterocycles. The number of hydrogen-bond donors (Lipinski definition) is 1. The van der Waals surface area contributed by atoms with Gasteiger partial charge in [0.1, 0.15) is 17.7 Å². The number of rotatable bonds is 5. The van der Waals surface area contributed by atoms with Gasteiger partial charge >= 0.3 is 0 Å². The second kappa shape index (κ2) is 8.26. The Hall–Kier alpha value is -3.01. The van der Waals surface area contributed by atoms with E-state index in [0.717, 1.165) is 17.5 Å². The molecular formula is C21H24FN5O3S. The van der Waals surface area contributed by atoms with Crippen LogP contribution in [0.2, 0.25) is 0 Å². The number of sulfone groups is 1. The maximum atomic E-state index is 13.3. The number of aromatic nitrogens is 3. The van der Waals surface area contributed by atoms with Gasteiger partial charge in [0.15, 0.2) is 15.7 Å². The van der Waals surface area contributed by atoms with Crippen LogP contribution in [-0.2, 0) is 9.84 Å². The molecule has 1 aromatic carbocycles. The molecule has 0 saturated carbocycles. The highest BCUT2D eigenvalue weighted by atomic mass is 32.2. The Kier molecular flexibility index (Phi) is 5.65. The molecule has 1 aliphatic heterocycles. The molecule has 2 aromatic heterocycles. The number of carbonyl (C=O) groups is 1. The third kappa shape index (κ3) is 4.25. The quantitative estimate of drug-likeness (QED) is 0.649. The zero-order valence-electron chi connectivity index (χ0n) is 17.4. The maximum absolute atomic E-state index is 13.3. The molecule has 1 atom stereocenters. The molecule has 0 radical (unpaired) electrons. The number of halogens is 1. The Labute approximate surface area is 180 Å². The van der Waals surface area contributed by atoms with Gasteiger partial charge in [-0.1, -0.05) is 19.1 Å². The summed E-state index contributed by atoms with van der Waals surface area (Å²) in [5.41, 5.74) is 2.79. The smallest absolute Gasteiger partial charge is 0.255 e. The molecule has 164 valence electrons. The minimum absolute atomic E-state index is 0.0202. The fourth-order valence-electron chi connectivity index (χ4n) is 3.85. The van der Waals surface area contributed by atoms with Crippen molar-refractivity contribution >= 4 is 27.1 Å². The molecule has 0 bridgehead atoms. The Morgan fingerprint density at radius 2 is 1.90 bits per heavy atom. The number of benzene rings is 1. The van der Waals surface area contributed by atoms with Crippen molar-refractivity contribution in [2.45, 2.75) is 26.3 Å². The summed E-state index contributed by atoms with van der Waals surface area (Å²) < 4.78 is 38.3. The third-order valence-corrected chi connectivity index (χ3v) is 7.29. The van der Waals surface area contributed by atoms with E-state index in [2.05, 4.69) is 15.4 Å². The number of anilines is 1. The fourth-order valence-corrected chi connectivity index (χ4v) is 5.05. The molecule has 0 aliphatic carbocycles. The molecule has 1 aliphatic rings. The van der Waals surface area contributed by atoms with Crippen LogP contribution < -0.4 is 5.32 Å². The molecule has 1 amide bonds. The highest BCUT2D eigenvalue weighted by molar-refractivity contribution is 7.91. The lowest BCUT2D eigenvalue weighted by molar-refractivity contribution is 0.0769. The summed E-state index contributed by atoms with van der Waals surface area (Å²) >= 11 is 0. The number of hydrogen-bond acceptors (Lipinski definition) is 6. The lowest BCUT2D eigenvalue weighted by atomic mass is 10.0. The summed E-state index contributed by atoms with van der Waals surface area (Å²) in [5.74, 6) is 0.0267. The molecule has 3 aromatic rings. The topological polar surface area (TPSA) is 96.7 Å². The zero-order chi connectivity index (χ0) is 22.2. The largest absolute Gasteiger partial charge is 0.361 e. The lowest BCUT2D eigenvalue weighted by Crippen LogP contribution is -2.43. The first-order chi connectivity index (χ1) is 14.8. The second-order valence-corrected chi connectivity index (χ2v) is 9.97. The van der Waals surface area contributed by atoms with E-state index in [1.165, 1.54) is 18.5 Å². The van der Waals surface area contributed by atoms with Gasteiger partial charge in [0.25, 0.3) is 5.91 Å². The average Bonchev–Trinajstić information content (AvgIpc) is 3.09. The van der Waals surface area contributed by atoms with Crippen molar-refractivity contribution in [1.82, 2.24) is 19.5 Å². The van der Waals surface area contributed by atoms with Crippen LogP contribution in [0, 0.1) is 12.7 Å². The van der Waals surface area contributed by atoms with E-state index in [4.69, 9.17) is 0 Å². The number of aryl methyl sites for hydroxylation is 1. The molecule has 1 N–H and O–H groups in total. The van der Waals surface area contributed by atoms with E-state index in [1.54, 1.807) is 27.7 Å². The van der Waals surface area contributed by atoms with Gasteiger partial charge in [-0.25, -0.2) is 22.3 Å². The van der Waals surface area contributed by atoms with Gasteiger partial charge in [0.05, 0.1) is 23.1 Å². The fraction of sp³-hybridized carbons (Fsp3) is 0.381. The van der Waals surface area contributed by atoms with Crippen molar-refractivity contribution in [3.63, 3.8) is 0 Å². The van der Waals surface area contributed by atoms with Crippen molar-refractivity contribution in [2.24, 2.45) is 0 Å². The number of amides is 1. The number of nitrogens with one attached hydrogen (secondary N) is 1. The Morgan fingerprint density at radius 3 is 2.55 bits per heavy atom. The first-order valence-corrected chi connectivity index (χ1v) is 12.0. The lowest BCUT2D eigenvalue weighted by Gasteiger charge is -2.26. The molecule has 31 heavy (non-hydrogen) atoms. The molecule has 1 fully saturated rings. The molecule has 0 unspecified atom stereocenters. The van der Waals surface area contributed by atoms with Gasteiger partial charge in [-0.15, -0.1) is 0 Å². The van der Waals surface area contributed by atoms with E-state index < -0.39 is 9.84 Å². The number of nitrogens with zero attached hydrogens (tertiary/aromatic N) is 4. The van der Waals surface area contributed by atoms with Crippen molar-refractivity contribution in [2.75, 3.05) is 29.9 Å². The normalized spacial score (nSPS) is 16.9. The van der Waals surface area contributed by atoms with Gasteiger partial charge in [0, 0.05) is 19.3 Å². The minimum atomic E-state index is -3.07. The maximum Gasteiger partial charge on any atom is 0.255 e. The van der Waals surface area contributed by atoms with Gasteiger partial charge in [-0.2, -0.15) is 5.10 Å². The number of carbonyl (C=O) groups excluding carboxylic acids is 1. The summed E-state index contributed by atoms with van der Waals surface area (Å²) in [6.45, 7) is 4.22. The summed E-state index contributed by atoms with van der Waals surface area (Å²) in [6.07, 6.45) is 3.81. The highest BCUT2D eigenvalue weighted by Gasteiger charge is 2.28. The highest BCUT2D eigenvalue weighted by Crippen LogP contribution is 2.28. The van der Waals surface area contributed by atoms with Crippen LogP contribution in [0.3, 0.4) is 0 Å². The van der Waals surface area contributed by atoms with Crippen LogP contribution in [-0.4, -0.2) is 58.4 Å². The van der Waals surface area contributed by atoms with Crippen molar-refractivity contribution in [3.8, 4) is 0 Å². The van der Waals surface area contributed by atoms with Gasteiger partial charge in [0.2, 0.25) is 0 Å². The Morgan fingerprint density at radius 1 is 1.23 bits per heavy atom. The summed E-state index contributed by atoms with van der Waals surface area (Å²) in [5, 5.41) is 7.63. The SMILES string of the molecule is CC[C@@H](Nc1ncnn2cc(C(=O)N3CCS(=O)(=O)CC3)c(C)c12)c1ccc(F)cc1. The van der Waals surface area contributed by atoms with Crippen LogP contribution >= 0.6 is 0 Å². The zero-order valence-corrected chi connectivity index (χ0v) is 18.2. The van der Waals surface area contributed by atoms with Gasteiger partial charge in [-0.05, 0) is 36.6 Å². The van der Waals surface area contributed by atoms with Crippen LogP contribution in [0.15, 0.2) is 36.8 Å². The first kappa shape index (κ1) is 21.2. The second-order valence-electron chi connectivity index (χ2n) is 7.67. The molecule has 8 nitrogen and oxygen atoms in total. The van der Waals surface area contributed by atoms with E-state index in [9.17, 15) is 17.6 Å². The van der Waals surface area contributed by atoms with E-state index in [0.29, 0.717) is 16.9 Å². The summed E-state index contributed by atoms with van der Waals surface area (Å²) in [4.78, 5) is 19.0. The van der Waals surface area contributed by atoms with Crippen LogP contribution in [0.5, 0.6) is 0 Å². The molecule has 10 heteroatoms. The summed E-state index contributed by atoms with van der Waals surface area (Å²) in [7, 11) is -3.07. The Balaban J connectivity index is 1.65. The van der Waals surface area contributed by atoms with E-state index in [-0.39, 0.29) is 42.4 Å². The van der Waals surface area contributed by atoms with Crippen molar-refractivity contribution in [3.05, 3.63) is 59.3 Å². The van der Waals surface area contributed by atoms with E-state index in [1.807, 2.05) is 13.8 Å². The van der Waals surface area contributed by atoms with Crippen molar-refractivity contribution in [1.29, 1.82) is 0 Å². The van der Waals surface area contributed by atoms with Gasteiger partial charge in [-0.3, -0.25) is 4.79 Å². The summed E-state index contributed by atoms with van der Waals surface area (Å²) in [6, 6.07) is 6.22. The molecule has 4 rings (SSSR count). The predicted octanol–water partition coefficient (Wildman–Crippen LogP) is 2.61. The predicted molar refractivity (Wildman–Crippen MR) is 115 cm³/mol. The average molecular weight is 446 g/mol. The first-order valence-electron chi connectivity index (χ1n) is 10.1.